The third-order valence-corrected chi connectivity index (χ3v) is 2.73. The second-order valence-electron chi connectivity index (χ2n) is 7.47. The van der Waals surface area contributed by atoms with Gasteiger partial charge in [-0.1, -0.05) is 0 Å². The summed E-state index contributed by atoms with van der Waals surface area (Å²) in [5, 5.41) is 0. The lowest BCUT2D eigenvalue weighted by molar-refractivity contribution is 0.130. The number of benzene rings is 2. The van der Waals surface area contributed by atoms with Crippen LogP contribution in [-0.2, 0) is 0 Å². The largest absolute Gasteiger partial charge is 0.488 e. The maximum atomic E-state index is 5.84. The molecule has 0 saturated carbocycles. The molecule has 0 unspecified atom stereocenters. The van der Waals surface area contributed by atoms with E-state index in [9.17, 15) is 0 Å². The van der Waals surface area contributed by atoms with Crippen molar-refractivity contribution in [3.8, 4) is 23.0 Å². The predicted molar refractivity (Wildman–Crippen MR) is 93.7 cm³/mol. The highest BCUT2D eigenvalue weighted by atomic mass is 16.5. The maximum Gasteiger partial charge on any atom is 0.127 e. The summed E-state index contributed by atoms with van der Waals surface area (Å²) >= 11 is 0. The second kappa shape index (κ2) is 6.53. The molecule has 3 nitrogen and oxygen atoms in total. The van der Waals surface area contributed by atoms with Crippen molar-refractivity contribution in [2.75, 3.05) is 0 Å². The van der Waals surface area contributed by atoms with E-state index in [0.717, 1.165) is 23.0 Å². The van der Waals surface area contributed by atoms with E-state index in [2.05, 4.69) is 0 Å². The Kier molecular flexibility index (Phi) is 4.88. The summed E-state index contributed by atoms with van der Waals surface area (Å²) < 4.78 is 17.4. The Balaban J connectivity index is 1.99. The molecule has 124 valence electrons. The van der Waals surface area contributed by atoms with Gasteiger partial charge in [0.05, 0.1) is 0 Å². The molecule has 0 bridgehead atoms. The zero-order valence-corrected chi connectivity index (χ0v) is 14.8. The minimum Gasteiger partial charge on any atom is -0.488 e. The molecule has 23 heavy (non-hydrogen) atoms. The molecule has 0 heterocycles. The fourth-order valence-electron chi connectivity index (χ4n) is 1.99. The first-order valence-corrected chi connectivity index (χ1v) is 7.87. The van der Waals surface area contributed by atoms with Gasteiger partial charge in [-0.25, -0.2) is 0 Å². The third kappa shape index (κ3) is 6.23. The summed E-state index contributed by atoms with van der Waals surface area (Å²) in [6, 6.07) is 15.3. The quantitative estimate of drug-likeness (QED) is 0.710. The monoisotopic (exact) mass is 314 g/mol. The maximum absolute atomic E-state index is 5.84. The van der Waals surface area contributed by atoms with Crippen molar-refractivity contribution in [2.45, 2.75) is 52.7 Å². The summed E-state index contributed by atoms with van der Waals surface area (Å²) in [5.41, 5.74) is -0.406. The lowest BCUT2D eigenvalue weighted by Crippen LogP contribution is -2.22. The van der Waals surface area contributed by atoms with Crippen LogP contribution in [0.5, 0.6) is 23.0 Å². The van der Waals surface area contributed by atoms with Crippen LogP contribution in [-0.4, -0.2) is 11.2 Å². The van der Waals surface area contributed by atoms with Crippen molar-refractivity contribution in [3.63, 3.8) is 0 Å². The van der Waals surface area contributed by atoms with Gasteiger partial charge in [-0.2, -0.15) is 0 Å². The lowest BCUT2D eigenvalue weighted by atomic mass is 10.2. The van der Waals surface area contributed by atoms with Crippen LogP contribution in [0.3, 0.4) is 0 Å². The molecule has 0 aliphatic heterocycles. The molecule has 0 fully saturated rings. The van der Waals surface area contributed by atoms with Crippen molar-refractivity contribution < 1.29 is 14.2 Å². The van der Waals surface area contributed by atoms with Crippen LogP contribution in [0.1, 0.15) is 41.5 Å². The summed E-state index contributed by atoms with van der Waals surface area (Å²) in [7, 11) is 0. The Labute approximate surface area is 139 Å². The van der Waals surface area contributed by atoms with E-state index < -0.39 is 0 Å². The van der Waals surface area contributed by atoms with Crippen LogP contribution in [0.2, 0.25) is 0 Å². The molecule has 2 rings (SSSR count). The third-order valence-electron chi connectivity index (χ3n) is 2.73. The Bertz CT molecular complexity index is 556. The minimum atomic E-state index is -0.203. The molecule has 0 aliphatic rings. The van der Waals surface area contributed by atoms with Gasteiger partial charge < -0.3 is 14.2 Å². The minimum absolute atomic E-state index is 0.203. The smallest absolute Gasteiger partial charge is 0.127 e. The van der Waals surface area contributed by atoms with Gasteiger partial charge in [0.15, 0.2) is 0 Å². The molecule has 3 heteroatoms. The first-order valence-electron chi connectivity index (χ1n) is 7.87. The van der Waals surface area contributed by atoms with E-state index in [1.54, 1.807) is 0 Å². The first-order chi connectivity index (χ1) is 10.6. The average Bonchev–Trinajstić information content (AvgIpc) is 2.40. The van der Waals surface area contributed by atoms with Crippen molar-refractivity contribution in [1.82, 2.24) is 0 Å². The van der Waals surface area contributed by atoms with Crippen molar-refractivity contribution in [1.29, 1.82) is 0 Å². The normalized spacial score (nSPS) is 11.9. The highest BCUT2D eigenvalue weighted by Crippen LogP contribution is 2.27. The van der Waals surface area contributed by atoms with Crippen LogP contribution in [0.25, 0.3) is 0 Å². The fraction of sp³-hybridized carbons (Fsp3) is 0.400. The van der Waals surface area contributed by atoms with E-state index in [4.69, 9.17) is 14.2 Å². The average molecular weight is 314 g/mol. The topological polar surface area (TPSA) is 27.7 Å². The van der Waals surface area contributed by atoms with Crippen LogP contribution in [0, 0.1) is 0 Å². The molecule has 0 aromatic heterocycles. The zero-order chi connectivity index (χ0) is 17.1. The van der Waals surface area contributed by atoms with Crippen LogP contribution >= 0.6 is 0 Å². The summed E-state index contributed by atoms with van der Waals surface area (Å²) in [6.45, 7) is 12.2. The Hall–Kier alpha value is -2.16. The standard InChI is InChI=1S/C20H26O3/c1-19(2,3)22-17-11-7-15(8-12-17)21-16-9-13-18(14-10-16)23-20(4,5)6/h7-14H,1-6H3. The van der Waals surface area contributed by atoms with Gasteiger partial charge in [0.2, 0.25) is 0 Å². The van der Waals surface area contributed by atoms with Crippen LogP contribution < -0.4 is 14.2 Å². The number of hydrogen-bond acceptors (Lipinski definition) is 3. The molecular formula is C20H26O3. The van der Waals surface area contributed by atoms with Crippen LogP contribution in [0.4, 0.5) is 0 Å². The van der Waals surface area contributed by atoms with Crippen molar-refractivity contribution in [3.05, 3.63) is 48.5 Å². The van der Waals surface area contributed by atoms with Crippen LogP contribution in [0.15, 0.2) is 48.5 Å². The molecule has 0 atom stereocenters. The summed E-state index contributed by atoms with van der Waals surface area (Å²) in [6.07, 6.45) is 0. The van der Waals surface area contributed by atoms with Gasteiger partial charge in [-0.3, -0.25) is 0 Å². The van der Waals surface area contributed by atoms with E-state index >= 15 is 0 Å². The molecule has 0 amide bonds. The van der Waals surface area contributed by atoms with E-state index in [1.165, 1.54) is 0 Å². The van der Waals surface area contributed by atoms with Gasteiger partial charge in [0.25, 0.3) is 0 Å². The van der Waals surface area contributed by atoms with Gasteiger partial charge in [-0.05, 0) is 90.1 Å². The number of hydrogen-bond donors (Lipinski definition) is 0. The highest BCUT2D eigenvalue weighted by Gasteiger charge is 2.12. The first kappa shape index (κ1) is 17.2. The molecular weight excluding hydrogens is 288 g/mol. The number of rotatable bonds is 4. The summed E-state index contributed by atoms with van der Waals surface area (Å²) in [4.78, 5) is 0. The molecule has 0 spiro atoms. The highest BCUT2D eigenvalue weighted by molar-refractivity contribution is 5.37. The Morgan fingerprint density at radius 1 is 0.478 bits per heavy atom. The second-order valence-corrected chi connectivity index (χ2v) is 7.47. The predicted octanol–water partition coefficient (Wildman–Crippen LogP) is 5.83. The van der Waals surface area contributed by atoms with Gasteiger partial charge in [0, 0.05) is 0 Å². The Morgan fingerprint density at radius 3 is 1.00 bits per heavy atom. The SMILES string of the molecule is CC(C)(C)Oc1ccc(Oc2ccc(OC(C)(C)C)cc2)cc1. The zero-order valence-electron chi connectivity index (χ0n) is 14.8. The van der Waals surface area contributed by atoms with Crippen molar-refractivity contribution in [2.24, 2.45) is 0 Å². The van der Waals surface area contributed by atoms with E-state index in [1.807, 2.05) is 90.1 Å². The molecule has 0 radical (unpaired) electrons. The van der Waals surface area contributed by atoms with Gasteiger partial charge in [-0.15, -0.1) is 0 Å². The van der Waals surface area contributed by atoms with E-state index in [0.29, 0.717) is 0 Å². The fourth-order valence-corrected chi connectivity index (χ4v) is 1.99. The molecule has 0 saturated heterocycles. The summed E-state index contributed by atoms with van der Waals surface area (Å²) in [5.74, 6) is 3.21. The van der Waals surface area contributed by atoms with Gasteiger partial charge in [0.1, 0.15) is 34.2 Å². The lowest BCUT2D eigenvalue weighted by Gasteiger charge is -2.21. The van der Waals surface area contributed by atoms with E-state index in [-0.39, 0.29) is 11.2 Å². The molecule has 2 aromatic carbocycles. The van der Waals surface area contributed by atoms with Gasteiger partial charge >= 0.3 is 0 Å². The number of ether oxygens (including phenoxy) is 3. The molecule has 0 N–H and O–H groups in total. The molecule has 0 aliphatic carbocycles. The molecule has 2 aromatic rings. The van der Waals surface area contributed by atoms with Crippen molar-refractivity contribution >= 4 is 0 Å². The Morgan fingerprint density at radius 2 is 0.739 bits per heavy atom.